The van der Waals surface area contributed by atoms with Crippen molar-refractivity contribution in [3.05, 3.63) is 76.4 Å². The smallest absolute Gasteiger partial charge is 0.244 e. The number of hydrogen-bond acceptors (Lipinski definition) is 6. The Labute approximate surface area is 224 Å². The summed E-state index contributed by atoms with van der Waals surface area (Å²) < 4.78 is 54.1. The van der Waals surface area contributed by atoms with E-state index in [1.807, 2.05) is 36.4 Å². The first-order chi connectivity index (χ1) is 17.0. The summed E-state index contributed by atoms with van der Waals surface area (Å²) in [4.78, 5) is -0.434. The molecule has 1 N–H and O–H groups in total. The van der Waals surface area contributed by atoms with Gasteiger partial charge in [0, 0.05) is 37.0 Å². The Morgan fingerprint density at radius 3 is 2.39 bits per heavy atom. The zero-order valence-corrected chi connectivity index (χ0v) is 23.5. The molecule has 2 aromatic carbocycles. The lowest BCUT2D eigenvalue weighted by atomic mass is 10.1. The normalized spacial score (nSPS) is 12.4. The van der Waals surface area contributed by atoms with Gasteiger partial charge >= 0.3 is 0 Å². The van der Waals surface area contributed by atoms with E-state index in [-0.39, 0.29) is 16.3 Å². The first-order valence-electron chi connectivity index (χ1n) is 10.9. The molecule has 36 heavy (non-hydrogen) atoms. The summed E-state index contributed by atoms with van der Waals surface area (Å²) in [5, 5.41) is 8.37. The maximum atomic E-state index is 13.1. The van der Waals surface area contributed by atoms with E-state index in [2.05, 4.69) is 26.3 Å². The SMILES string of the molecule is CN(CCCNc1cc(-c2ccccc2Cl)cc2c(Br)cnn12)S(=O)(=O)c1ccccc1S(C)(=O)=O. The third kappa shape index (κ3) is 5.45. The van der Waals surface area contributed by atoms with E-state index in [1.165, 1.54) is 35.6 Å². The van der Waals surface area contributed by atoms with E-state index in [0.29, 0.717) is 18.0 Å². The fourth-order valence-electron chi connectivity index (χ4n) is 3.81. The van der Waals surface area contributed by atoms with Crippen LogP contribution in [-0.4, -0.2) is 57.1 Å². The number of fused-ring (bicyclic) bond motifs is 1. The summed E-state index contributed by atoms with van der Waals surface area (Å²) in [6.07, 6.45) is 3.17. The Bertz CT molecular complexity index is 1640. The van der Waals surface area contributed by atoms with Crippen molar-refractivity contribution in [2.24, 2.45) is 0 Å². The molecule has 2 heterocycles. The van der Waals surface area contributed by atoms with Crippen molar-refractivity contribution in [3.8, 4) is 11.1 Å². The van der Waals surface area contributed by atoms with Crippen LogP contribution in [0, 0.1) is 0 Å². The molecule has 8 nitrogen and oxygen atoms in total. The Hall–Kier alpha value is -2.44. The number of nitrogens with one attached hydrogen (secondary N) is 1. The molecule has 0 aliphatic heterocycles. The molecule has 0 aliphatic rings. The fraction of sp³-hybridized carbons (Fsp3) is 0.208. The van der Waals surface area contributed by atoms with Crippen LogP contribution in [-0.2, 0) is 19.9 Å². The second kappa shape index (κ2) is 10.5. The predicted octanol–water partition coefficient (Wildman–Crippen LogP) is 4.94. The van der Waals surface area contributed by atoms with Crippen LogP contribution in [0.4, 0.5) is 5.82 Å². The molecule has 190 valence electrons. The summed E-state index contributed by atoms with van der Waals surface area (Å²) in [5.74, 6) is 0.723. The lowest BCUT2D eigenvalue weighted by Crippen LogP contribution is -2.30. The van der Waals surface area contributed by atoms with Gasteiger partial charge in [0.05, 0.1) is 21.1 Å². The average molecular weight is 612 g/mol. The summed E-state index contributed by atoms with van der Waals surface area (Å²) in [6, 6.07) is 17.1. The van der Waals surface area contributed by atoms with Gasteiger partial charge in [-0.2, -0.15) is 5.10 Å². The van der Waals surface area contributed by atoms with Crippen LogP contribution in [0.1, 0.15) is 6.42 Å². The van der Waals surface area contributed by atoms with Gasteiger partial charge in [0.1, 0.15) is 10.7 Å². The van der Waals surface area contributed by atoms with Gasteiger partial charge in [-0.1, -0.05) is 41.9 Å². The number of pyridine rings is 1. The molecule has 4 rings (SSSR count). The Morgan fingerprint density at radius 2 is 1.69 bits per heavy atom. The Kier molecular flexibility index (Phi) is 7.77. The number of aromatic nitrogens is 2. The van der Waals surface area contributed by atoms with Crippen molar-refractivity contribution in [3.63, 3.8) is 0 Å². The third-order valence-electron chi connectivity index (χ3n) is 5.65. The zero-order chi connectivity index (χ0) is 26.1. The molecule has 0 amide bonds. The van der Waals surface area contributed by atoms with Crippen molar-refractivity contribution in [2.75, 3.05) is 31.7 Å². The highest BCUT2D eigenvalue weighted by Gasteiger charge is 2.27. The topological polar surface area (TPSA) is 101 Å². The summed E-state index contributed by atoms with van der Waals surface area (Å²) in [7, 11) is -6.25. The summed E-state index contributed by atoms with van der Waals surface area (Å²) >= 11 is 9.95. The van der Waals surface area contributed by atoms with E-state index in [0.717, 1.165) is 33.2 Å². The van der Waals surface area contributed by atoms with Crippen LogP contribution in [0.2, 0.25) is 5.02 Å². The maximum absolute atomic E-state index is 13.1. The number of benzene rings is 2. The molecular formula is C24H24BrClN4O4S2. The molecule has 0 unspecified atom stereocenters. The van der Waals surface area contributed by atoms with Gasteiger partial charge in [-0.3, -0.25) is 0 Å². The number of sulfone groups is 1. The highest BCUT2D eigenvalue weighted by atomic mass is 79.9. The van der Waals surface area contributed by atoms with E-state index >= 15 is 0 Å². The van der Waals surface area contributed by atoms with Crippen LogP contribution >= 0.6 is 27.5 Å². The van der Waals surface area contributed by atoms with Crippen molar-refractivity contribution in [1.29, 1.82) is 0 Å². The third-order valence-corrected chi connectivity index (χ3v) is 9.79. The minimum absolute atomic E-state index is 0.184. The van der Waals surface area contributed by atoms with E-state index in [1.54, 1.807) is 10.7 Å². The molecule has 0 bridgehead atoms. The van der Waals surface area contributed by atoms with Crippen molar-refractivity contribution >= 4 is 58.7 Å². The fourth-order valence-corrected chi connectivity index (χ4v) is 7.24. The van der Waals surface area contributed by atoms with Gasteiger partial charge in [-0.15, -0.1) is 0 Å². The zero-order valence-electron chi connectivity index (χ0n) is 19.5. The first kappa shape index (κ1) is 26.6. The summed E-state index contributed by atoms with van der Waals surface area (Å²) in [6.45, 7) is 0.635. The van der Waals surface area contributed by atoms with Crippen molar-refractivity contribution in [2.45, 2.75) is 16.2 Å². The second-order valence-corrected chi connectivity index (χ2v) is 13.5. The number of anilines is 1. The minimum atomic E-state index is -3.99. The van der Waals surface area contributed by atoms with Crippen molar-refractivity contribution in [1.82, 2.24) is 13.9 Å². The van der Waals surface area contributed by atoms with Crippen LogP contribution in [0.25, 0.3) is 16.6 Å². The molecule has 4 aromatic rings. The van der Waals surface area contributed by atoms with Crippen LogP contribution in [0.15, 0.2) is 81.1 Å². The first-order valence-corrected chi connectivity index (χ1v) is 15.4. The van der Waals surface area contributed by atoms with Crippen molar-refractivity contribution < 1.29 is 16.8 Å². The molecular weight excluding hydrogens is 588 g/mol. The molecule has 0 spiro atoms. The van der Waals surface area contributed by atoms with Crippen LogP contribution in [0.3, 0.4) is 0 Å². The standard InChI is InChI=1S/C24H24BrClN4O4S2/c1-29(36(33,34)23-11-6-5-10-22(23)35(2,31)32)13-7-12-27-24-15-17(18-8-3-4-9-20(18)26)14-21-19(25)16-28-30(21)24/h3-6,8-11,14-16,27H,7,12-13H2,1-2H3. The number of nitrogens with zero attached hydrogens (tertiary/aromatic N) is 3. The molecule has 0 radical (unpaired) electrons. The maximum Gasteiger partial charge on any atom is 0.244 e. The van der Waals surface area contributed by atoms with Gasteiger partial charge in [-0.05, 0) is 58.2 Å². The average Bonchev–Trinajstić information content (AvgIpc) is 3.22. The number of sulfonamides is 1. The number of hydrogen-bond donors (Lipinski definition) is 1. The second-order valence-electron chi connectivity index (χ2n) is 8.22. The van der Waals surface area contributed by atoms with Crippen LogP contribution in [0.5, 0.6) is 0 Å². The molecule has 0 aliphatic carbocycles. The molecule has 0 fully saturated rings. The summed E-state index contributed by atoms with van der Waals surface area (Å²) in [5.41, 5.74) is 2.65. The number of halogens is 2. The minimum Gasteiger partial charge on any atom is -0.370 e. The lowest BCUT2D eigenvalue weighted by Gasteiger charge is -2.19. The van der Waals surface area contributed by atoms with E-state index in [9.17, 15) is 16.8 Å². The largest absolute Gasteiger partial charge is 0.370 e. The lowest BCUT2D eigenvalue weighted by molar-refractivity contribution is 0.463. The predicted molar refractivity (Wildman–Crippen MR) is 146 cm³/mol. The van der Waals surface area contributed by atoms with E-state index in [4.69, 9.17) is 11.6 Å². The molecule has 2 aromatic heterocycles. The Morgan fingerprint density at radius 1 is 1.03 bits per heavy atom. The Balaban J connectivity index is 1.51. The highest BCUT2D eigenvalue weighted by Crippen LogP contribution is 2.33. The molecule has 0 atom stereocenters. The monoisotopic (exact) mass is 610 g/mol. The van der Waals surface area contributed by atoms with Gasteiger partial charge < -0.3 is 5.32 Å². The molecule has 12 heteroatoms. The van der Waals surface area contributed by atoms with Gasteiger partial charge in [-0.25, -0.2) is 25.7 Å². The van der Waals surface area contributed by atoms with E-state index < -0.39 is 19.9 Å². The van der Waals surface area contributed by atoms with Gasteiger partial charge in [0.2, 0.25) is 10.0 Å². The molecule has 0 saturated heterocycles. The van der Waals surface area contributed by atoms with Gasteiger partial charge in [0.25, 0.3) is 0 Å². The quantitative estimate of drug-likeness (QED) is 0.269. The molecule has 0 saturated carbocycles. The van der Waals surface area contributed by atoms with Crippen LogP contribution < -0.4 is 5.32 Å². The van der Waals surface area contributed by atoms with Gasteiger partial charge in [0.15, 0.2) is 9.84 Å². The number of rotatable bonds is 9. The highest BCUT2D eigenvalue weighted by molar-refractivity contribution is 9.10.